The molecule has 1 rings (SSSR count). The van der Waals surface area contributed by atoms with Gasteiger partial charge in [-0.25, -0.2) is 0 Å². The number of nitrogens with one attached hydrogen (secondary N) is 1. The Morgan fingerprint density at radius 3 is 2.35 bits per heavy atom. The first-order valence-electron chi connectivity index (χ1n) is 4.89. The molecule has 0 aromatic heterocycles. The average Bonchev–Trinajstić information content (AvgIpc) is 2.15. The van der Waals surface area contributed by atoms with Crippen molar-refractivity contribution in [3.05, 3.63) is 27.3 Å². The fourth-order valence-electron chi connectivity index (χ4n) is 1.11. The van der Waals surface area contributed by atoms with Crippen LogP contribution in [0.5, 0.6) is 0 Å². The molecule has 0 spiro atoms. The van der Waals surface area contributed by atoms with Gasteiger partial charge >= 0.3 is 6.18 Å². The maximum absolute atomic E-state index is 12.5. The highest BCUT2D eigenvalue weighted by Crippen LogP contribution is 2.33. The first kappa shape index (κ1) is 14.3. The number of alkyl halides is 3. The van der Waals surface area contributed by atoms with E-state index in [1.807, 2.05) is 0 Å². The van der Waals surface area contributed by atoms with Crippen molar-refractivity contribution < 1.29 is 18.0 Å². The molecule has 17 heavy (non-hydrogen) atoms. The van der Waals surface area contributed by atoms with Gasteiger partial charge in [-0.05, 0) is 40.8 Å². The van der Waals surface area contributed by atoms with E-state index in [1.54, 1.807) is 36.4 Å². The summed E-state index contributed by atoms with van der Waals surface area (Å²) in [6.45, 7) is 3.43. The second-order valence-electron chi connectivity index (χ2n) is 3.84. The lowest BCUT2D eigenvalue weighted by Gasteiger charge is -2.12. The maximum atomic E-state index is 12.5. The van der Waals surface area contributed by atoms with E-state index in [1.165, 1.54) is 12.1 Å². The van der Waals surface area contributed by atoms with Crippen LogP contribution in [0, 0.1) is 9.49 Å². The Morgan fingerprint density at radius 1 is 1.35 bits per heavy atom. The van der Waals surface area contributed by atoms with Crippen molar-refractivity contribution in [1.82, 2.24) is 0 Å². The molecule has 0 unspecified atom stereocenters. The van der Waals surface area contributed by atoms with E-state index in [0.717, 1.165) is 6.07 Å². The molecule has 1 N–H and O–H groups in total. The van der Waals surface area contributed by atoms with Gasteiger partial charge < -0.3 is 5.32 Å². The van der Waals surface area contributed by atoms with Crippen LogP contribution in [0.2, 0.25) is 0 Å². The summed E-state index contributed by atoms with van der Waals surface area (Å²) in [6, 6.07) is 3.53. The normalized spacial score (nSPS) is 11.7. The highest BCUT2D eigenvalue weighted by molar-refractivity contribution is 14.1. The first-order chi connectivity index (χ1) is 7.71. The molecule has 0 aliphatic carbocycles. The lowest BCUT2D eigenvalue weighted by molar-refractivity contribution is -0.138. The summed E-state index contributed by atoms with van der Waals surface area (Å²) in [7, 11) is 0. The molecule has 1 amide bonds. The van der Waals surface area contributed by atoms with E-state index in [9.17, 15) is 18.0 Å². The van der Waals surface area contributed by atoms with Crippen LogP contribution >= 0.6 is 22.6 Å². The Kier molecular flexibility index (Phi) is 4.40. The van der Waals surface area contributed by atoms with Crippen molar-refractivity contribution in [3.8, 4) is 0 Å². The molecule has 1 aromatic rings. The molecular formula is C11H11F3INO. The van der Waals surface area contributed by atoms with Crippen LogP contribution in [0.1, 0.15) is 19.4 Å². The highest BCUT2D eigenvalue weighted by atomic mass is 127. The monoisotopic (exact) mass is 357 g/mol. The molecule has 2 nitrogen and oxygen atoms in total. The van der Waals surface area contributed by atoms with Crippen molar-refractivity contribution in [1.29, 1.82) is 0 Å². The number of hydrogen-bond acceptors (Lipinski definition) is 1. The van der Waals surface area contributed by atoms with Crippen molar-refractivity contribution >= 4 is 34.2 Å². The number of benzene rings is 1. The Balaban J connectivity index is 2.94. The van der Waals surface area contributed by atoms with Gasteiger partial charge in [0, 0.05) is 15.2 Å². The Hall–Kier alpha value is -0.790. The number of carbonyl (C=O) groups is 1. The molecule has 1 aromatic carbocycles. The lowest BCUT2D eigenvalue weighted by Crippen LogP contribution is -2.18. The summed E-state index contributed by atoms with van der Waals surface area (Å²) in [5, 5.41) is 2.55. The number of anilines is 1. The third-order valence-electron chi connectivity index (χ3n) is 2.07. The molecule has 94 valence electrons. The summed E-state index contributed by atoms with van der Waals surface area (Å²) in [6.07, 6.45) is -4.36. The summed E-state index contributed by atoms with van der Waals surface area (Å²) in [4.78, 5) is 11.4. The van der Waals surface area contributed by atoms with E-state index in [2.05, 4.69) is 5.32 Å². The zero-order chi connectivity index (χ0) is 13.2. The van der Waals surface area contributed by atoms with E-state index in [-0.39, 0.29) is 15.4 Å². The van der Waals surface area contributed by atoms with Crippen LogP contribution in [0.4, 0.5) is 18.9 Å². The van der Waals surface area contributed by atoms with Crippen molar-refractivity contribution in [2.45, 2.75) is 20.0 Å². The standard InChI is InChI=1S/C11H11F3INO/c1-6(2)10(17)16-7-3-4-8(9(15)5-7)11(12,13)14/h3-6H,1-2H3,(H,16,17). The predicted molar refractivity (Wildman–Crippen MR) is 67.6 cm³/mol. The van der Waals surface area contributed by atoms with E-state index in [0.29, 0.717) is 5.69 Å². The van der Waals surface area contributed by atoms with Gasteiger partial charge in [0.1, 0.15) is 0 Å². The number of rotatable bonds is 2. The number of carbonyl (C=O) groups excluding carboxylic acids is 1. The van der Waals surface area contributed by atoms with Gasteiger partial charge in [-0.1, -0.05) is 13.8 Å². The second kappa shape index (κ2) is 5.24. The molecule has 0 heterocycles. The molecule has 0 bridgehead atoms. The van der Waals surface area contributed by atoms with Gasteiger partial charge in [-0.2, -0.15) is 13.2 Å². The topological polar surface area (TPSA) is 29.1 Å². The number of halogens is 4. The minimum atomic E-state index is -4.36. The van der Waals surface area contributed by atoms with Crippen LogP contribution in [-0.4, -0.2) is 5.91 Å². The fourth-order valence-corrected chi connectivity index (χ4v) is 1.93. The lowest BCUT2D eigenvalue weighted by atomic mass is 10.1. The maximum Gasteiger partial charge on any atom is 0.417 e. The molecule has 0 saturated carbocycles. The highest BCUT2D eigenvalue weighted by Gasteiger charge is 2.32. The van der Waals surface area contributed by atoms with E-state index in [4.69, 9.17) is 0 Å². The molecule has 0 fully saturated rings. The van der Waals surface area contributed by atoms with Crippen LogP contribution in [-0.2, 0) is 11.0 Å². The van der Waals surface area contributed by atoms with Crippen LogP contribution < -0.4 is 5.32 Å². The molecule has 0 saturated heterocycles. The fraction of sp³-hybridized carbons (Fsp3) is 0.364. The van der Waals surface area contributed by atoms with Crippen LogP contribution in [0.3, 0.4) is 0 Å². The zero-order valence-electron chi connectivity index (χ0n) is 9.23. The molecule has 0 atom stereocenters. The van der Waals surface area contributed by atoms with E-state index >= 15 is 0 Å². The third kappa shape index (κ3) is 3.86. The molecule has 6 heteroatoms. The van der Waals surface area contributed by atoms with Gasteiger partial charge in [-0.15, -0.1) is 0 Å². The first-order valence-corrected chi connectivity index (χ1v) is 5.97. The van der Waals surface area contributed by atoms with Crippen molar-refractivity contribution in [3.63, 3.8) is 0 Å². The quantitative estimate of drug-likeness (QED) is 0.800. The predicted octanol–water partition coefficient (Wildman–Crippen LogP) is 3.90. The van der Waals surface area contributed by atoms with E-state index < -0.39 is 11.7 Å². The molecule has 0 aliphatic rings. The van der Waals surface area contributed by atoms with Gasteiger partial charge in [0.15, 0.2) is 0 Å². The zero-order valence-corrected chi connectivity index (χ0v) is 11.4. The molecular weight excluding hydrogens is 346 g/mol. The van der Waals surface area contributed by atoms with Gasteiger partial charge in [0.2, 0.25) is 5.91 Å². The smallest absolute Gasteiger partial charge is 0.326 e. The molecule has 0 aliphatic heterocycles. The largest absolute Gasteiger partial charge is 0.417 e. The van der Waals surface area contributed by atoms with Crippen LogP contribution in [0.15, 0.2) is 18.2 Å². The SMILES string of the molecule is CC(C)C(=O)Nc1ccc(C(F)(F)F)c(I)c1. The summed E-state index contributed by atoms with van der Waals surface area (Å²) in [5.74, 6) is -0.435. The van der Waals surface area contributed by atoms with Crippen LogP contribution in [0.25, 0.3) is 0 Å². The van der Waals surface area contributed by atoms with Crippen molar-refractivity contribution in [2.24, 2.45) is 5.92 Å². The Labute approximate surface area is 111 Å². The summed E-state index contributed by atoms with van der Waals surface area (Å²) >= 11 is 1.60. The Morgan fingerprint density at radius 2 is 1.94 bits per heavy atom. The van der Waals surface area contributed by atoms with Gasteiger partial charge in [0.25, 0.3) is 0 Å². The number of hydrogen-bond donors (Lipinski definition) is 1. The number of amides is 1. The Bertz CT molecular complexity index is 429. The van der Waals surface area contributed by atoms with Gasteiger partial charge in [0.05, 0.1) is 5.56 Å². The molecule has 0 radical (unpaired) electrons. The van der Waals surface area contributed by atoms with Gasteiger partial charge in [-0.3, -0.25) is 4.79 Å². The second-order valence-corrected chi connectivity index (χ2v) is 5.00. The summed E-state index contributed by atoms with van der Waals surface area (Å²) < 4.78 is 37.5. The average molecular weight is 357 g/mol. The minimum Gasteiger partial charge on any atom is -0.326 e. The third-order valence-corrected chi connectivity index (χ3v) is 2.96. The van der Waals surface area contributed by atoms with Crippen molar-refractivity contribution in [2.75, 3.05) is 5.32 Å². The minimum absolute atomic E-state index is 0.0663. The summed E-state index contributed by atoms with van der Waals surface area (Å²) in [5.41, 5.74) is -0.318.